The van der Waals surface area contributed by atoms with Crippen LogP contribution in [-0.4, -0.2) is 75.4 Å². The molecule has 0 amide bonds. The topological polar surface area (TPSA) is 145 Å². The summed E-state index contributed by atoms with van der Waals surface area (Å²) in [6.07, 6.45) is -5.70. The Morgan fingerprint density at radius 1 is 1.26 bits per heavy atom. The molecule has 0 fully saturated rings. The molecule has 0 unspecified atom stereocenters. The van der Waals surface area contributed by atoms with Gasteiger partial charge in [-0.25, -0.2) is 4.79 Å². The summed E-state index contributed by atoms with van der Waals surface area (Å²) in [7, 11) is 0. The van der Waals surface area contributed by atoms with E-state index in [1.54, 1.807) is 6.92 Å². The fourth-order valence-corrected chi connectivity index (χ4v) is 0.819. The molecule has 5 N–H and O–H groups in total. The normalized spacial score (nSPS) is 16.1. The fraction of sp³-hybridized carbons (Fsp3) is 0.636. The number of aliphatic hydroxyl groups is 5. The van der Waals surface area contributed by atoms with Gasteiger partial charge in [-0.1, -0.05) is 6.58 Å². The van der Waals surface area contributed by atoms with Crippen molar-refractivity contribution in [2.24, 2.45) is 0 Å². The van der Waals surface area contributed by atoms with E-state index in [2.05, 4.69) is 11.3 Å². The number of carbonyl (C=O) groups excluding carboxylic acids is 2. The van der Waals surface area contributed by atoms with Crippen LogP contribution in [0.4, 0.5) is 0 Å². The van der Waals surface area contributed by atoms with Gasteiger partial charge in [-0.2, -0.15) is 0 Å². The molecule has 0 aromatic rings. The molecule has 0 aliphatic carbocycles. The van der Waals surface area contributed by atoms with Crippen LogP contribution in [0.25, 0.3) is 0 Å². The van der Waals surface area contributed by atoms with E-state index >= 15 is 0 Å². The second kappa shape index (κ2) is 11.8. The zero-order valence-electron chi connectivity index (χ0n) is 10.5. The Morgan fingerprint density at radius 2 is 1.79 bits per heavy atom. The minimum atomic E-state index is -1.79. The van der Waals surface area contributed by atoms with Crippen LogP contribution in [0.5, 0.6) is 0 Å². The van der Waals surface area contributed by atoms with Crippen LogP contribution in [-0.2, 0) is 14.3 Å². The molecule has 112 valence electrons. The fourth-order valence-electron chi connectivity index (χ4n) is 0.819. The van der Waals surface area contributed by atoms with E-state index in [9.17, 15) is 9.59 Å². The van der Waals surface area contributed by atoms with Crippen molar-refractivity contribution >= 4 is 12.3 Å². The SMILES string of the molecule is C=CC(=O)OCC.O=C[C@H](O)[C@@H](O)[C@H](O)[C@H](O)CO. The molecule has 19 heavy (non-hydrogen) atoms. The van der Waals surface area contributed by atoms with E-state index in [0.717, 1.165) is 6.08 Å². The van der Waals surface area contributed by atoms with E-state index < -0.39 is 31.0 Å². The third-order valence-electron chi connectivity index (χ3n) is 1.87. The average Bonchev–Trinajstić information content (AvgIpc) is 2.44. The van der Waals surface area contributed by atoms with Crippen LogP contribution >= 0.6 is 0 Å². The molecule has 8 nitrogen and oxygen atoms in total. The Balaban J connectivity index is 0. The Hall–Kier alpha value is -1.32. The number of ether oxygens (including phenoxy) is 1. The maximum atomic E-state index is 10.1. The van der Waals surface area contributed by atoms with Gasteiger partial charge in [0.05, 0.1) is 13.2 Å². The van der Waals surface area contributed by atoms with Gasteiger partial charge in [-0.3, -0.25) is 0 Å². The molecule has 0 saturated heterocycles. The number of aldehydes is 1. The maximum absolute atomic E-state index is 10.1. The van der Waals surface area contributed by atoms with Crippen molar-refractivity contribution < 1.29 is 39.9 Å². The Morgan fingerprint density at radius 3 is 2.05 bits per heavy atom. The molecule has 4 atom stereocenters. The van der Waals surface area contributed by atoms with E-state index in [0.29, 0.717) is 6.61 Å². The van der Waals surface area contributed by atoms with Crippen molar-refractivity contribution in [3.63, 3.8) is 0 Å². The van der Waals surface area contributed by atoms with E-state index in [4.69, 9.17) is 25.5 Å². The largest absolute Gasteiger partial charge is 0.463 e. The number of carbonyl (C=O) groups is 2. The number of esters is 1. The molecule has 0 aliphatic rings. The first kappa shape index (κ1) is 20.0. The highest BCUT2D eigenvalue weighted by Crippen LogP contribution is 2.02. The molecule has 0 aromatic carbocycles. The summed E-state index contributed by atoms with van der Waals surface area (Å²) >= 11 is 0. The van der Waals surface area contributed by atoms with Crippen molar-refractivity contribution in [2.75, 3.05) is 13.2 Å². The highest BCUT2D eigenvalue weighted by molar-refractivity contribution is 5.81. The second-order valence-electron chi connectivity index (χ2n) is 3.31. The quantitative estimate of drug-likeness (QED) is 0.193. The Bertz CT molecular complexity index is 267. The lowest BCUT2D eigenvalue weighted by molar-refractivity contribution is -0.137. The summed E-state index contributed by atoms with van der Waals surface area (Å²) in [5.41, 5.74) is 0. The van der Waals surface area contributed by atoms with E-state index in [1.807, 2.05) is 0 Å². The minimum Gasteiger partial charge on any atom is -0.463 e. The molecular formula is C11H20O8. The monoisotopic (exact) mass is 280 g/mol. The molecule has 0 aliphatic heterocycles. The van der Waals surface area contributed by atoms with Crippen molar-refractivity contribution in [3.8, 4) is 0 Å². The highest BCUT2D eigenvalue weighted by atomic mass is 16.5. The maximum Gasteiger partial charge on any atom is 0.330 e. The van der Waals surface area contributed by atoms with Gasteiger partial charge in [0.1, 0.15) is 24.4 Å². The zero-order valence-corrected chi connectivity index (χ0v) is 10.5. The summed E-state index contributed by atoms with van der Waals surface area (Å²) < 4.78 is 4.43. The lowest BCUT2D eigenvalue weighted by Gasteiger charge is -2.22. The van der Waals surface area contributed by atoms with Crippen molar-refractivity contribution in [2.45, 2.75) is 31.3 Å². The molecule has 0 aromatic heterocycles. The third-order valence-corrected chi connectivity index (χ3v) is 1.87. The first-order valence-corrected chi connectivity index (χ1v) is 5.43. The van der Waals surface area contributed by atoms with Crippen LogP contribution < -0.4 is 0 Å². The van der Waals surface area contributed by atoms with Gasteiger partial charge in [-0.15, -0.1) is 0 Å². The van der Waals surface area contributed by atoms with Gasteiger partial charge < -0.3 is 35.1 Å². The number of hydrogen-bond donors (Lipinski definition) is 5. The van der Waals surface area contributed by atoms with Crippen LogP contribution in [0.15, 0.2) is 12.7 Å². The highest BCUT2D eigenvalue weighted by Gasteiger charge is 2.29. The molecule has 0 heterocycles. The molecular weight excluding hydrogens is 260 g/mol. The molecule has 0 saturated carbocycles. The van der Waals surface area contributed by atoms with Gasteiger partial charge in [-0.05, 0) is 6.92 Å². The summed E-state index contributed by atoms with van der Waals surface area (Å²) in [4.78, 5) is 20.0. The molecule has 8 heteroatoms. The molecule has 0 radical (unpaired) electrons. The summed E-state index contributed by atoms with van der Waals surface area (Å²) in [6, 6.07) is 0. The van der Waals surface area contributed by atoms with Gasteiger partial charge in [0.25, 0.3) is 0 Å². The zero-order chi connectivity index (χ0) is 15.4. The minimum absolute atomic E-state index is 0.0258. The van der Waals surface area contributed by atoms with Crippen molar-refractivity contribution in [1.82, 2.24) is 0 Å². The van der Waals surface area contributed by atoms with Gasteiger partial charge >= 0.3 is 5.97 Å². The average molecular weight is 280 g/mol. The van der Waals surface area contributed by atoms with E-state index in [1.165, 1.54) is 0 Å². The predicted molar refractivity (Wildman–Crippen MR) is 64.0 cm³/mol. The van der Waals surface area contributed by atoms with Crippen LogP contribution in [0.3, 0.4) is 0 Å². The number of hydrogen-bond acceptors (Lipinski definition) is 8. The molecule has 0 spiro atoms. The van der Waals surface area contributed by atoms with Crippen molar-refractivity contribution in [1.29, 1.82) is 0 Å². The van der Waals surface area contributed by atoms with Gasteiger partial charge in [0, 0.05) is 6.08 Å². The Kier molecular flexibility index (Phi) is 12.4. The summed E-state index contributed by atoms with van der Waals surface area (Å²) in [5, 5.41) is 43.5. The summed E-state index contributed by atoms with van der Waals surface area (Å²) in [5.74, 6) is -0.359. The van der Waals surface area contributed by atoms with Gasteiger partial charge in [0.15, 0.2) is 6.29 Å². The standard InChI is InChI=1S/C6H12O6.C5H8O2/c7-1-3(9)5(11)6(12)4(10)2-8;1-3-5(6)7-4-2/h1,3-6,8-12H,2H2;3H,1,4H2,2H3/t3-,4+,5+,6+;/m0./s1. The first-order valence-electron chi connectivity index (χ1n) is 5.43. The lowest BCUT2D eigenvalue weighted by atomic mass is 10.0. The predicted octanol–water partition coefficient (Wildman–Crippen LogP) is -2.64. The van der Waals surface area contributed by atoms with Crippen LogP contribution in [0, 0.1) is 0 Å². The molecule has 0 bridgehead atoms. The van der Waals surface area contributed by atoms with Gasteiger partial charge in [0.2, 0.25) is 0 Å². The number of aliphatic hydroxyl groups excluding tert-OH is 5. The second-order valence-corrected chi connectivity index (χ2v) is 3.31. The first-order chi connectivity index (χ1) is 8.85. The Labute approximate surface area is 110 Å². The van der Waals surface area contributed by atoms with Crippen LogP contribution in [0.2, 0.25) is 0 Å². The lowest BCUT2D eigenvalue weighted by Crippen LogP contribution is -2.46. The third kappa shape index (κ3) is 9.28. The summed E-state index contributed by atoms with van der Waals surface area (Å²) in [6.45, 7) is 4.62. The smallest absolute Gasteiger partial charge is 0.330 e. The van der Waals surface area contributed by atoms with Crippen molar-refractivity contribution in [3.05, 3.63) is 12.7 Å². The van der Waals surface area contributed by atoms with E-state index in [-0.39, 0.29) is 12.3 Å². The molecule has 0 rings (SSSR count). The van der Waals surface area contributed by atoms with Crippen LogP contribution in [0.1, 0.15) is 6.92 Å². The number of rotatable bonds is 7.